The van der Waals surface area contributed by atoms with Gasteiger partial charge in [0, 0.05) is 36.1 Å². The summed E-state index contributed by atoms with van der Waals surface area (Å²) in [5.41, 5.74) is 1.04. The normalized spacial score (nSPS) is 15.7. The maximum absolute atomic E-state index is 13.2. The van der Waals surface area contributed by atoms with E-state index in [1.54, 1.807) is 41.3 Å². The largest absolute Gasteiger partial charge is 0.433 e. The van der Waals surface area contributed by atoms with Gasteiger partial charge in [0.15, 0.2) is 0 Å². The zero-order chi connectivity index (χ0) is 23.8. The van der Waals surface area contributed by atoms with E-state index in [-0.39, 0.29) is 24.1 Å². The van der Waals surface area contributed by atoms with E-state index in [0.717, 1.165) is 23.9 Å². The Morgan fingerprint density at radius 1 is 1.06 bits per heavy atom. The van der Waals surface area contributed by atoms with Crippen molar-refractivity contribution in [3.8, 4) is 0 Å². The minimum atomic E-state index is -4.58. The molecular formula is C24H19ClF3N3O2. The van der Waals surface area contributed by atoms with Crippen LogP contribution in [-0.4, -0.2) is 23.3 Å². The number of aromatic nitrogens is 1. The quantitative estimate of drug-likeness (QED) is 0.476. The zero-order valence-corrected chi connectivity index (χ0v) is 18.3. The number of para-hydroxylation sites is 1. The van der Waals surface area contributed by atoms with Gasteiger partial charge in [-0.15, -0.1) is 0 Å². The number of carbonyl (C=O) groups excluding carboxylic acids is 2. The second-order valence-corrected chi connectivity index (χ2v) is 8.05. The van der Waals surface area contributed by atoms with Gasteiger partial charge in [-0.1, -0.05) is 29.8 Å². The third kappa shape index (κ3) is 4.57. The fourth-order valence-corrected chi connectivity index (χ4v) is 4.17. The maximum Gasteiger partial charge on any atom is 0.433 e. The van der Waals surface area contributed by atoms with Gasteiger partial charge in [-0.3, -0.25) is 14.6 Å². The smallest absolute Gasteiger partial charge is 0.308 e. The van der Waals surface area contributed by atoms with Gasteiger partial charge in [-0.05, 0) is 54.4 Å². The molecule has 33 heavy (non-hydrogen) atoms. The van der Waals surface area contributed by atoms with E-state index < -0.39 is 17.8 Å². The number of alkyl halides is 3. The highest BCUT2D eigenvalue weighted by Gasteiger charge is 2.35. The van der Waals surface area contributed by atoms with Crippen molar-refractivity contribution in [3.05, 3.63) is 88.7 Å². The Hall–Kier alpha value is -3.39. The van der Waals surface area contributed by atoms with Crippen molar-refractivity contribution in [2.24, 2.45) is 0 Å². The highest BCUT2D eigenvalue weighted by molar-refractivity contribution is 6.30. The summed E-state index contributed by atoms with van der Waals surface area (Å²) in [6, 6.07) is 15.7. The monoisotopic (exact) mass is 473 g/mol. The van der Waals surface area contributed by atoms with E-state index in [2.05, 4.69) is 4.98 Å². The standard InChI is InChI=1S/C24H19ClF3N3O2/c1-15(32)31(18-9-7-17(25)8-10-18)21-12-13-30(20-5-3-2-4-19(20)21)23(33)16-6-11-22(29-14-16)24(26,27)28/h2-11,14,21H,12-13H2,1H3. The van der Waals surface area contributed by atoms with Crippen LogP contribution in [0.25, 0.3) is 0 Å². The number of anilines is 2. The summed E-state index contributed by atoms with van der Waals surface area (Å²) in [6.07, 6.45) is -3.20. The summed E-state index contributed by atoms with van der Waals surface area (Å²) < 4.78 is 38.5. The van der Waals surface area contributed by atoms with Crippen LogP contribution in [0.2, 0.25) is 5.02 Å². The molecule has 0 saturated heterocycles. The fourth-order valence-electron chi connectivity index (χ4n) is 4.05. The third-order valence-electron chi connectivity index (χ3n) is 5.51. The average molecular weight is 474 g/mol. The van der Waals surface area contributed by atoms with E-state index in [0.29, 0.717) is 22.8 Å². The van der Waals surface area contributed by atoms with Gasteiger partial charge in [0.2, 0.25) is 5.91 Å². The molecule has 0 spiro atoms. The third-order valence-corrected chi connectivity index (χ3v) is 5.77. The maximum atomic E-state index is 13.2. The van der Waals surface area contributed by atoms with Crippen LogP contribution in [0, 0.1) is 0 Å². The molecule has 0 radical (unpaired) electrons. The number of nitrogens with zero attached hydrogens (tertiary/aromatic N) is 3. The molecule has 1 aliphatic rings. The first-order valence-electron chi connectivity index (χ1n) is 10.2. The molecule has 0 bridgehead atoms. The van der Waals surface area contributed by atoms with Crippen molar-refractivity contribution in [2.75, 3.05) is 16.3 Å². The van der Waals surface area contributed by atoms with Crippen molar-refractivity contribution in [1.29, 1.82) is 0 Å². The van der Waals surface area contributed by atoms with Crippen LogP contribution in [0.15, 0.2) is 66.9 Å². The summed E-state index contributed by atoms with van der Waals surface area (Å²) in [4.78, 5) is 32.3. The lowest BCUT2D eigenvalue weighted by Crippen LogP contribution is -2.42. The topological polar surface area (TPSA) is 53.5 Å². The number of rotatable bonds is 3. The summed E-state index contributed by atoms with van der Waals surface area (Å²) in [7, 11) is 0. The SMILES string of the molecule is CC(=O)N(c1ccc(Cl)cc1)C1CCN(C(=O)c2ccc(C(F)(F)F)nc2)c2ccccc21. The predicted octanol–water partition coefficient (Wildman–Crippen LogP) is 5.90. The van der Waals surface area contributed by atoms with Crippen LogP contribution in [0.3, 0.4) is 0 Å². The van der Waals surface area contributed by atoms with Crippen molar-refractivity contribution < 1.29 is 22.8 Å². The molecule has 3 aromatic rings. The molecule has 0 fully saturated rings. The molecule has 0 aliphatic carbocycles. The van der Waals surface area contributed by atoms with Gasteiger partial charge in [0.25, 0.3) is 5.91 Å². The van der Waals surface area contributed by atoms with Crippen LogP contribution in [0.1, 0.15) is 41.0 Å². The second kappa shape index (κ2) is 8.86. The summed E-state index contributed by atoms with van der Waals surface area (Å²) in [5.74, 6) is -0.619. The minimum absolute atomic E-state index is 0.0531. The highest BCUT2D eigenvalue weighted by Crippen LogP contribution is 2.40. The number of pyridine rings is 1. The molecule has 1 atom stereocenters. The highest BCUT2D eigenvalue weighted by atomic mass is 35.5. The molecule has 0 saturated carbocycles. The zero-order valence-electron chi connectivity index (χ0n) is 17.5. The van der Waals surface area contributed by atoms with Gasteiger partial charge in [0.05, 0.1) is 11.6 Å². The van der Waals surface area contributed by atoms with Gasteiger partial charge >= 0.3 is 6.18 Å². The number of benzene rings is 2. The van der Waals surface area contributed by atoms with E-state index in [9.17, 15) is 22.8 Å². The Morgan fingerprint density at radius 2 is 1.76 bits per heavy atom. The summed E-state index contributed by atoms with van der Waals surface area (Å²) in [5, 5.41) is 0.549. The molecule has 2 aromatic carbocycles. The minimum Gasteiger partial charge on any atom is -0.308 e. The van der Waals surface area contributed by atoms with E-state index in [1.165, 1.54) is 11.8 Å². The van der Waals surface area contributed by atoms with Crippen molar-refractivity contribution >= 4 is 34.8 Å². The number of fused-ring (bicyclic) bond motifs is 1. The van der Waals surface area contributed by atoms with Crippen molar-refractivity contribution in [3.63, 3.8) is 0 Å². The number of hydrogen-bond acceptors (Lipinski definition) is 3. The van der Waals surface area contributed by atoms with E-state index in [1.807, 2.05) is 12.1 Å². The molecular weight excluding hydrogens is 455 g/mol. The predicted molar refractivity (Wildman–Crippen MR) is 119 cm³/mol. The molecule has 2 heterocycles. The number of halogens is 4. The molecule has 2 amide bonds. The van der Waals surface area contributed by atoms with Crippen LogP contribution < -0.4 is 9.80 Å². The molecule has 1 aromatic heterocycles. The molecule has 0 N–H and O–H groups in total. The lowest BCUT2D eigenvalue weighted by molar-refractivity contribution is -0.141. The molecule has 9 heteroatoms. The van der Waals surface area contributed by atoms with E-state index in [4.69, 9.17) is 11.6 Å². The van der Waals surface area contributed by atoms with E-state index >= 15 is 0 Å². The Kier molecular flexibility index (Phi) is 6.12. The first-order valence-corrected chi connectivity index (χ1v) is 10.5. The number of carbonyl (C=O) groups is 2. The molecule has 5 nitrogen and oxygen atoms in total. The van der Waals surface area contributed by atoms with Gasteiger partial charge in [0.1, 0.15) is 5.69 Å². The number of hydrogen-bond donors (Lipinski definition) is 0. The first-order chi connectivity index (χ1) is 15.7. The van der Waals surface area contributed by atoms with Gasteiger partial charge < -0.3 is 9.80 Å². The molecule has 1 unspecified atom stereocenters. The Balaban J connectivity index is 1.68. The Labute approximate surface area is 193 Å². The Bertz CT molecular complexity index is 1180. The lowest BCUT2D eigenvalue weighted by atomic mass is 9.93. The lowest BCUT2D eigenvalue weighted by Gasteiger charge is -2.39. The first kappa shape index (κ1) is 22.8. The van der Waals surface area contributed by atoms with Crippen LogP contribution in [-0.2, 0) is 11.0 Å². The van der Waals surface area contributed by atoms with Gasteiger partial charge in [-0.2, -0.15) is 13.2 Å². The average Bonchev–Trinajstić information content (AvgIpc) is 2.79. The van der Waals surface area contributed by atoms with Gasteiger partial charge in [-0.25, -0.2) is 0 Å². The van der Waals surface area contributed by atoms with Crippen LogP contribution in [0.4, 0.5) is 24.5 Å². The molecule has 170 valence electrons. The Morgan fingerprint density at radius 3 is 2.36 bits per heavy atom. The number of amides is 2. The van der Waals surface area contributed by atoms with Crippen LogP contribution in [0.5, 0.6) is 0 Å². The second-order valence-electron chi connectivity index (χ2n) is 7.62. The summed E-state index contributed by atoms with van der Waals surface area (Å²) in [6.45, 7) is 1.75. The summed E-state index contributed by atoms with van der Waals surface area (Å²) >= 11 is 5.99. The fraction of sp³-hybridized carbons (Fsp3) is 0.208. The molecule has 4 rings (SSSR count). The molecule has 1 aliphatic heterocycles. The van der Waals surface area contributed by atoms with Crippen molar-refractivity contribution in [2.45, 2.75) is 25.6 Å². The van der Waals surface area contributed by atoms with Crippen molar-refractivity contribution in [1.82, 2.24) is 4.98 Å². The van der Waals surface area contributed by atoms with Crippen LogP contribution >= 0.6 is 11.6 Å².